The number of imidazole rings is 1. The number of hydrogen-bond acceptors (Lipinski definition) is 7. The number of benzene rings is 1. The van der Waals surface area contributed by atoms with Gasteiger partial charge in [-0.2, -0.15) is 0 Å². The van der Waals surface area contributed by atoms with Crippen LogP contribution in [0.25, 0.3) is 22.6 Å². The van der Waals surface area contributed by atoms with Gasteiger partial charge in [0.2, 0.25) is 0 Å². The van der Waals surface area contributed by atoms with Gasteiger partial charge in [0.15, 0.2) is 5.82 Å². The SMILES string of the molecule is CCOC(=O)C(N)CSc1ccnc(-c2nc3ccccc3n2SC)c1C. The van der Waals surface area contributed by atoms with E-state index in [-0.39, 0.29) is 5.97 Å². The molecular formula is C19H22N4O2S2. The third-order valence-electron chi connectivity index (χ3n) is 4.08. The smallest absolute Gasteiger partial charge is 0.323 e. The molecule has 0 saturated carbocycles. The molecule has 3 rings (SSSR count). The summed E-state index contributed by atoms with van der Waals surface area (Å²) in [6.07, 6.45) is 3.79. The first-order chi connectivity index (χ1) is 13.1. The fourth-order valence-corrected chi connectivity index (χ4v) is 4.35. The van der Waals surface area contributed by atoms with Crippen molar-refractivity contribution in [2.45, 2.75) is 24.8 Å². The standard InChI is InChI=1S/C19H22N4O2S2/c1-4-25-19(24)13(20)11-27-16-9-10-21-17(12(16)2)18-22-14-7-5-6-8-15(14)23(18)26-3/h5-10,13H,4,11,20H2,1-3H3. The third-order valence-corrected chi connectivity index (χ3v) is 6.09. The summed E-state index contributed by atoms with van der Waals surface area (Å²) in [6.45, 7) is 4.12. The van der Waals surface area contributed by atoms with E-state index in [2.05, 4.69) is 15.0 Å². The van der Waals surface area contributed by atoms with Crippen molar-refractivity contribution < 1.29 is 9.53 Å². The predicted molar refractivity (Wildman–Crippen MR) is 112 cm³/mol. The van der Waals surface area contributed by atoms with E-state index in [0.29, 0.717) is 12.4 Å². The van der Waals surface area contributed by atoms with Crippen LogP contribution >= 0.6 is 23.7 Å². The number of carbonyl (C=O) groups is 1. The lowest BCUT2D eigenvalue weighted by molar-refractivity contribution is -0.144. The molecule has 0 amide bonds. The van der Waals surface area contributed by atoms with Gasteiger partial charge in [-0.15, -0.1) is 11.8 Å². The normalized spacial score (nSPS) is 12.3. The number of aromatic nitrogens is 3. The molecule has 1 aromatic carbocycles. The summed E-state index contributed by atoms with van der Waals surface area (Å²) < 4.78 is 7.06. The van der Waals surface area contributed by atoms with E-state index in [1.807, 2.05) is 37.4 Å². The number of thioether (sulfide) groups is 1. The quantitative estimate of drug-likeness (QED) is 0.478. The molecule has 0 aliphatic carbocycles. The molecule has 27 heavy (non-hydrogen) atoms. The average molecular weight is 403 g/mol. The van der Waals surface area contributed by atoms with Gasteiger partial charge in [-0.1, -0.05) is 12.1 Å². The summed E-state index contributed by atoms with van der Waals surface area (Å²) in [5.74, 6) is 0.890. The summed E-state index contributed by atoms with van der Waals surface area (Å²) in [5, 5.41) is 0. The third kappa shape index (κ3) is 4.12. The van der Waals surface area contributed by atoms with Crippen LogP contribution in [0.1, 0.15) is 12.5 Å². The lowest BCUT2D eigenvalue weighted by Crippen LogP contribution is -2.34. The summed E-state index contributed by atoms with van der Waals surface area (Å²) in [6, 6.07) is 9.32. The molecule has 1 unspecified atom stereocenters. The Balaban J connectivity index is 1.91. The van der Waals surface area contributed by atoms with Gasteiger partial charge in [-0.25, -0.2) is 4.98 Å². The lowest BCUT2D eigenvalue weighted by Gasteiger charge is -2.13. The molecule has 8 heteroatoms. The Labute approximate surface area is 167 Å². The van der Waals surface area contributed by atoms with E-state index in [0.717, 1.165) is 33.0 Å². The Kier molecular flexibility index (Phi) is 6.41. The second-order valence-corrected chi connectivity index (χ2v) is 7.65. The Morgan fingerprint density at radius 3 is 2.85 bits per heavy atom. The average Bonchev–Trinajstić information content (AvgIpc) is 3.05. The molecule has 0 aliphatic heterocycles. The number of pyridine rings is 1. The molecule has 0 aliphatic rings. The van der Waals surface area contributed by atoms with Crippen LogP contribution in [0, 0.1) is 6.92 Å². The van der Waals surface area contributed by atoms with E-state index in [1.165, 1.54) is 11.8 Å². The minimum absolute atomic E-state index is 0.334. The number of para-hydroxylation sites is 2. The highest BCUT2D eigenvalue weighted by Crippen LogP contribution is 2.33. The van der Waals surface area contributed by atoms with Crippen LogP contribution in [0.15, 0.2) is 41.4 Å². The van der Waals surface area contributed by atoms with Crippen molar-refractivity contribution in [1.29, 1.82) is 0 Å². The van der Waals surface area contributed by atoms with Crippen LogP contribution in [-0.4, -0.2) is 44.6 Å². The fraction of sp³-hybridized carbons (Fsp3) is 0.316. The van der Waals surface area contributed by atoms with Crippen LogP contribution in [-0.2, 0) is 9.53 Å². The van der Waals surface area contributed by atoms with E-state index in [1.54, 1.807) is 25.1 Å². The van der Waals surface area contributed by atoms with Crippen molar-refractivity contribution in [2.75, 3.05) is 18.6 Å². The number of rotatable bonds is 7. The molecule has 142 valence electrons. The van der Waals surface area contributed by atoms with Crippen molar-refractivity contribution in [3.63, 3.8) is 0 Å². The zero-order valence-electron chi connectivity index (χ0n) is 15.5. The van der Waals surface area contributed by atoms with Crippen LogP contribution in [0.4, 0.5) is 0 Å². The summed E-state index contributed by atoms with van der Waals surface area (Å²) in [7, 11) is 0. The van der Waals surface area contributed by atoms with Gasteiger partial charge < -0.3 is 10.5 Å². The Morgan fingerprint density at radius 1 is 1.33 bits per heavy atom. The van der Waals surface area contributed by atoms with Crippen LogP contribution in [0.3, 0.4) is 0 Å². The highest BCUT2D eigenvalue weighted by molar-refractivity contribution is 7.99. The van der Waals surface area contributed by atoms with Gasteiger partial charge in [0.05, 0.1) is 17.6 Å². The minimum atomic E-state index is -0.651. The van der Waals surface area contributed by atoms with Gasteiger partial charge in [0, 0.05) is 23.1 Å². The monoisotopic (exact) mass is 402 g/mol. The molecule has 3 aromatic rings. The van der Waals surface area contributed by atoms with Gasteiger partial charge in [0.25, 0.3) is 0 Å². The molecule has 6 nitrogen and oxygen atoms in total. The van der Waals surface area contributed by atoms with Gasteiger partial charge in [0.1, 0.15) is 11.7 Å². The first-order valence-electron chi connectivity index (χ1n) is 8.59. The largest absolute Gasteiger partial charge is 0.465 e. The maximum absolute atomic E-state index is 11.7. The molecule has 0 saturated heterocycles. The topological polar surface area (TPSA) is 83.0 Å². The van der Waals surface area contributed by atoms with E-state index in [4.69, 9.17) is 15.5 Å². The number of fused-ring (bicyclic) bond motifs is 1. The fourth-order valence-electron chi connectivity index (χ4n) is 2.73. The van der Waals surface area contributed by atoms with Crippen molar-refractivity contribution in [2.24, 2.45) is 5.73 Å². The highest BCUT2D eigenvalue weighted by Gasteiger charge is 2.19. The molecular weight excluding hydrogens is 380 g/mol. The Hall–Kier alpha value is -2.03. The van der Waals surface area contributed by atoms with Gasteiger partial charge >= 0.3 is 5.97 Å². The lowest BCUT2D eigenvalue weighted by atomic mass is 10.2. The van der Waals surface area contributed by atoms with Crippen molar-refractivity contribution in [1.82, 2.24) is 13.9 Å². The van der Waals surface area contributed by atoms with Crippen LogP contribution < -0.4 is 5.73 Å². The van der Waals surface area contributed by atoms with E-state index in [9.17, 15) is 4.79 Å². The first-order valence-corrected chi connectivity index (χ1v) is 10.8. The number of hydrogen-bond donors (Lipinski definition) is 1. The van der Waals surface area contributed by atoms with E-state index < -0.39 is 6.04 Å². The summed E-state index contributed by atoms with van der Waals surface area (Å²) >= 11 is 3.12. The Morgan fingerprint density at radius 2 is 2.11 bits per heavy atom. The second kappa shape index (κ2) is 8.77. The second-order valence-electron chi connectivity index (χ2n) is 5.85. The summed E-state index contributed by atoms with van der Waals surface area (Å²) in [4.78, 5) is 22.1. The first kappa shape index (κ1) is 19.7. The molecule has 0 spiro atoms. The maximum atomic E-state index is 11.7. The molecule has 1 atom stereocenters. The van der Waals surface area contributed by atoms with Crippen molar-refractivity contribution in [3.8, 4) is 11.5 Å². The molecule has 2 heterocycles. The van der Waals surface area contributed by atoms with Crippen molar-refractivity contribution >= 4 is 40.7 Å². The number of carbonyl (C=O) groups excluding carboxylic acids is 1. The summed E-state index contributed by atoms with van der Waals surface area (Å²) in [5.41, 5.74) is 9.76. The number of ether oxygens (including phenoxy) is 1. The number of esters is 1. The number of nitrogens with two attached hydrogens (primary N) is 1. The van der Waals surface area contributed by atoms with E-state index >= 15 is 0 Å². The molecule has 2 N–H and O–H groups in total. The predicted octanol–water partition coefficient (Wildman–Crippen LogP) is 3.52. The van der Waals surface area contributed by atoms with Gasteiger partial charge in [-0.3, -0.25) is 13.8 Å². The maximum Gasteiger partial charge on any atom is 0.323 e. The molecule has 0 fully saturated rings. The molecule has 0 radical (unpaired) electrons. The Bertz CT molecular complexity index is 958. The number of nitrogens with zero attached hydrogens (tertiary/aromatic N) is 3. The minimum Gasteiger partial charge on any atom is -0.465 e. The molecule has 2 aromatic heterocycles. The van der Waals surface area contributed by atoms with Crippen LogP contribution in [0.5, 0.6) is 0 Å². The zero-order chi connectivity index (χ0) is 19.4. The molecule has 0 bridgehead atoms. The zero-order valence-corrected chi connectivity index (χ0v) is 17.1. The van der Waals surface area contributed by atoms with Crippen LogP contribution in [0.2, 0.25) is 0 Å². The van der Waals surface area contributed by atoms with Gasteiger partial charge in [-0.05, 0) is 49.6 Å². The highest BCUT2D eigenvalue weighted by atomic mass is 32.2. The van der Waals surface area contributed by atoms with Crippen molar-refractivity contribution in [3.05, 3.63) is 42.1 Å².